The number of halogens is 1. The van der Waals surface area contributed by atoms with Crippen LogP contribution in [0.15, 0.2) is 35.9 Å². The molecule has 6 atom stereocenters. The maximum atomic E-state index is 14.1. The molecule has 2 amide bonds. The number of ether oxygens (including phenoxy) is 1. The van der Waals surface area contributed by atoms with Crippen LogP contribution in [0.4, 0.5) is 0 Å². The first-order valence-corrected chi connectivity index (χ1v) is 15.8. The molecule has 3 N–H and O–H groups in total. The van der Waals surface area contributed by atoms with E-state index in [0.717, 1.165) is 41.6 Å². The summed E-state index contributed by atoms with van der Waals surface area (Å²) >= 11 is 2.20. The van der Waals surface area contributed by atoms with Crippen LogP contribution < -0.4 is 10.1 Å². The Morgan fingerprint density at radius 1 is 1.15 bits per heavy atom. The maximum Gasteiger partial charge on any atom is 0.247 e. The first-order chi connectivity index (χ1) is 18.7. The molecular weight excluding hydrogens is 607 g/mol. The largest absolute Gasteiger partial charge is 0.482 e. The van der Waals surface area contributed by atoms with Gasteiger partial charge >= 0.3 is 0 Å². The summed E-state index contributed by atoms with van der Waals surface area (Å²) < 4.78 is 7.23. The number of nitrogens with zero attached hydrogens (tertiary/aromatic N) is 1. The molecule has 2 bridgehead atoms. The van der Waals surface area contributed by atoms with Crippen LogP contribution in [0.3, 0.4) is 0 Å². The minimum absolute atomic E-state index is 0.0186. The van der Waals surface area contributed by atoms with Gasteiger partial charge in [-0.2, -0.15) is 0 Å². The number of hydrogen-bond donors (Lipinski definition) is 3. The van der Waals surface area contributed by atoms with Gasteiger partial charge in [0.15, 0.2) is 0 Å². The van der Waals surface area contributed by atoms with Crippen LogP contribution in [0.25, 0.3) is 0 Å². The van der Waals surface area contributed by atoms with Crippen molar-refractivity contribution in [3.8, 4) is 5.75 Å². The molecule has 5 aliphatic rings. The van der Waals surface area contributed by atoms with Crippen molar-refractivity contribution >= 4 is 34.4 Å². The van der Waals surface area contributed by atoms with Crippen LogP contribution in [0.5, 0.6) is 5.75 Å². The van der Waals surface area contributed by atoms with Gasteiger partial charge in [-0.3, -0.25) is 9.59 Å². The quantitative estimate of drug-likeness (QED) is 0.347. The van der Waals surface area contributed by atoms with Crippen LogP contribution in [0.1, 0.15) is 65.2 Å². The highest BCUT2D eigenvalue weighted by atomic mass is 127. The molecule has 39 heavy (non-hydrogen) atoms. The van der Waals surface area contributed by atoms with Crippen molar-refractivity contribution < 1.29 is 24.5 Å². The van der Waals surface area contributed by atoms with Crippen LogP contribution in [-0.2, 0) is 9.59 Å². The number of benzene rings is 1. The van der Waals surface area contributed by atoms with E-state index in [2.05, 4.69) is 41.8 Å². The van der Waals surface area contributed by atoms with E-state index in [1.807, 2.05) is 29.2 Å². The summed E-state index contributed by atoms with van der Waals surface area (Å²) in [4.78, 5) is 29.2. The highest BCUT2D eigenvalue weighted by Crippen LogP contribution is 2.61. The van der Waals surface area contributed by atoms with Gasteiger partial charge in [0.05, 0.1) is 16.2 Å². The molecule has 5 aliphatic carbocycles. The van der Waals surface area contributed by atoms with E-state index < -0.39 is 18.2 Å². The average Bonchev–Trinajstić information content (AvgIpc) is 3.47. The van der Waals surface area contributed by atoms with Gasteiger partial charge < -0.3 is 25.2 Å². The first-order valence-electron chi connectivity index (χ1n) is 14.7. The third kappa shape index (κ3) is 5.89. The fraction of sp³-hybridized carbons (Fsp3) is 0.677. The summed E-state index contributed by atoms with van der Waals surface area (Å²) in [5.74, 6) is 2.21. The van der Waals surface area contributed by atoms with Gasteiger partial charge in [0.25, 0.3) is 0 Å². The number of rotatable bonds is 9. The predicted molar refractivity (Wildman–Crippen MR) is 158 cm³/mol. The highest BCUT2D eigenvalue weighted by Gasteiger charge is 2.55. The van der Waals surface area contributed by atoms with Crippen LogP contribution in [-0.4, -0.2) is 64.9 Å². The Morgan fingerprint density at radius 2 is 1.90 bits per heavy atom. The Bertz CT molecular complexity index is 1080. The van der Waals surface area contributed by atoms with Gasteiger partial charge in [-0.1, -0.05) is 38.8 Å². The minimum atomic E-state index is -0.966. The van der Waals surface area contributed by atoms with E-state index in [-0.39, 0.29) is 37.3 Å². The van der Waals surface area contributed by atoms with Crippen molar-refractivity contribution in [3.63, 3.8) is 0 Å². The minimum Gasteiger partial charge on any atom is -0.482 e. The Hall–Kier alpha value is -1.65. The standard InChI is InChI=1S/C31H43IN2O5/c1-31(2)22-12-11-20(23(31)17-22)18-34(30(38)19-7-3-4-8-19)25-15-21(29(37)33-13-14-35)16-27(28(25)36)39-26-10-6-5-9-24(26)32/h5-6,9-10,16,19-20,22-23,25,27-28,35-36H,3-4,7-8,11-15,17-18H2,1-2H3,(H,33,37)/t20-,22-,23-,25+,27-,28-/m0/s1. The van der Waals surface area contributed by atoms with E-state index >= 15 is 0 Å². The van der Waals surface area contributed by atoms with E-state index in [0.29, 0.717) is 35.1 Å². The molecule has 1 aromatic carbocycles. The zero-order valence-electron chi connectivity index (χ0n) is 23.2. The third-order valence-corrected chi connectivity index (χ3v) is 11.0. The second-order valence-corrected chi connectivity index (χ2v) is 13.8. The Balaban J connectivity index is 1.45. The second-order valence-electron chi connectivity index (χ2n) is 12.6. The molecule has 4 fully saturated rings. The molecule has 214 valence electrons. The average molecular weight is 651 g/mol. The Labute approximate surface area is 245 Å². The van der Waals surface area contributed by atoms with Gasteiger partial charge in [0, 0.05) is 31.0 Å². The molecule has 8 heteroatoms. The number of nitrogens with one attached hydrogen (secondary N) is 1. The van der Waals surface area contributed by atoms with E-state index in [1.165, 1.54) is 12.8 Å². The van der Waals surface area contributed by atoms with Crippen LogP contribution in [0.2, 0.25) is 0 Å². The summed E-state index contributed by atoms with van der Waals surface area (Å²) in [6.07, 6.45) is 7.66. The second kappa shape index (κ2) is 12.1. The molecule has 1 aromatic rings. The lowest BCUT2D eigenvalue weighted by molar-refractivity contribution is -0.151. The molecule has 0 spiro atoms. The zero-order valence-corrected chi connectivity index (χ0v) is 25.3. The number of fused-ring (bicyclic) bond motifs is 2. The summed E-state index contributed by atoms with van der Waals surface area (Å²) in [5, 5.41) is 23.8. The van der Waals surface area contributed by atoms with Gasteiger partial charge in [-0.25, -0.2) is 0 Å². The zero-order chi connectivity index (χ0) is 27.7. The Kier molecular flexibility index (Phi) is 8.93. The van der Waals surface area contributed by atoms with Crippen molar-refractivity contribution in [1.29, 1.82) is 0 Å². The molecule has 0 heterocycles. The number of aliphatic hydroxyl groups excluding tert-OH is 2. The number of carbonyl (C=O) groups is 2. The normalized spacial score (nSPS) is 31.7. The van der Waals surface area contributed by atoms with E-state index in [1.54, 1.807) is 6.08 Å². The number of carbonyl (C=O) groups excluding carboxylic acids is 2. The molecule has 0 radical (unpaired) electrons. The predicted octanol–water partition coefficient (Wildman–Crippen LogP) is 4.30. The number of para-hydroxylation sites is 1. The summed E-state index contributed by atoms with van der Waals surface area (Å²) in [6, 6.07) is 7.06. The molecule has 0 unspecified atom stereocenters. The van der Waals surface area contributed by atoms with Crippen molar-refractivity contribution in [1.82, 2.24) is 10.2 Å². The number of hydrogen-bond acceptors (Lipinski definition) is 5. The molecule has 6 rings (SSSR count). The summed E-state index contributed by atoms with van der Waals surface area (Å²) in [6.45, 7) is 5.36. The topological polar surface area (TPSA) is 99.1 Å². The van der Waals surface area contributed by atoms with Crippen molar-refractivity contribution in [3.05, 3.63) is 39.5 Å². The highest BCUT2D eigenvalue weighted by molar-refractivity contribution is 14.1. The van der Waals surface area contributed by atoms with E-state index in [4.69, 9.17) is 4.74 Å². The fourth-order valence-corrected chi connectivity index (χ4v) is 8.21. The lowest BCUT2D eigenvalue weighted by atomic mass is 9.45. The summed E-state index contributed by atoms with van der Waals surface area (Å²) in [5.41, 5.74) is 0.785. The molecule has 0 aromatic heterocycles. The van der Waals surface area contributed by atoms with Gasteiger partial charge in [-0.05, 0) is 96.1 Å². The molecule has 4 saturated carbocycles. The number of aliphatic hydroxyl groups is 2. The van der Waals surface area contributed by atoms with Crippen LogP contribution in [0, 0.1) is 32.7 Å². The van der Waals surface area contributed by atoms with Crippen molar-refractivity contribution in [2.75, 3.05) is 19.7 Å². The SMILES string of the molecule is CC1(C)[C@H]2CC[C@@H](CN(C(=O)C3CCCC3)[C@@H]3CC(C(=O)NCCO)=C[C@H](Oc4ccccc4I)[C@H]3O)[C@@H]1C2. The fourth-order valence-electron chi connectivity index (χ4n) is 7.70. The monoisotopic (exact) mass is 650 g/mol. The Morgan fingerprint density at radius 3 is 2.56 bits per heavy atom. The van der Waals surface area contributed by atoms with Crippen LogP contribution >= 0.6 is 22.6 Å². The molecule has 0 aliphatic heterocycles. The molecular formula is C31H43IN2O5. The molecule has 0 saturated heterocycles. The van der Waals surface area contributed by atoms with E-state index in [9.17, 15) is 19.8 Å². The van der Waals surface area contributed by atoms with Gasteiger partial charge in [0.1, 0.15) is 18.0 Å². The first kappa shape index (κ1) is 28.9. The van der Waals surface area contributed by atoms with Crippen molar-refractivity contribution in [2.24, 2.45) is 29.1 Å². The smallest absolute Gasteiger partial charge is 0.247 e. The maximum absolute atomic E-state index is 14.1. The molecule has 7 nitrogen and oxygen atoms in total. The van der Waals surface area contributed by atoms with Crippen molar-refractivity contribution in [2.45, 2.75) is 83.5 Å². The van der Waals surface area contributed by atoms with Gasteiger partial charge in [-0.15, -0.1) is 0 Å². The lowest BCUT2D eigenvalue weighted by Crippen LogP contribution is -2.60. The lowest BCUT2D eigenvalue weighted by Gasteiger charge is -2.61. The summed E-state index contributed by atoms with van der Waals surface area (Å²) in [7, 11) is 0. The third-order valence-electron chi connectivity index (χ3n) is 10.1. The number of amides is 2. The van der Waals surface area contributed by atoms with Gasteiger partial charge in [0.2, 0.25) is 11.8 Å².